The Balaban J connectivity index is 1.48. The van der Waals surface area contributed by atoms with Gasteiger partial charge in [0.25, 0.3) is 5.91 Å². The Kier molecular flexibility index (Phi) is 7.69. The van der Waals surface area contributed by atoms with E-state index < -0.39 is 17.6 Å². The van der Waals surface area contributed by atoms with Crippen LogP contribution in [0.1, 0.15) is 42.3 Å². The van der Waals surface area contributed by atoms with Crippen molar-refractivity contribution in [2.24, 2.45) is 0 Å². The number of carbonyl (C=O) groups is 2. The highest BCUT2D eigenvalue weighted by molar-refractivity contribution is 6.00. The molecule has 0 radical (unpaired) electrons. The van der Waals surface area contributed by atoms with Crippen LogP contribution < -0.4 is 10.1 Å². The molecular weight excluding hydrogens is 450 g/mol. The molecule has 0 spiro atoms. The molecule has 0 unspecified atom stereocenters. The van der Waals surface area contributed by atoms with Crippen molar-refractivity contribution in [3.05, 3.63) is 114 Å². The Bertz CT molecular complexity index is 1330. The Labute approximate surface area is 212 Å². The maximum Gasteiger partial charge on any atom is 0.329 e. The predicted octanol–water partition coefficient (Wildman–Crippen LogP) is 6.10. The maximum atomic E-state index is 13.1. The summed E-state index contributed by atoms with van der Waals surface area (Å²) in [6.07, 6.45) is 0.344. The summed E-state index contributed by atoms with van der Waals surface area (Å²) in [6, 6.07) is 30.0. The first-order chi connectivity index (χ1) is 17.3. The molecule has 0 saturated heterocycles. The first kappa shape index (κ1) is 25.0. The molecule has 0 fully saturated rings. The fourth-order valence-electron chi connectivity index (χ4n) is 3.85. The number of hydrogen-bond acceptors (Lipinski definition) is 4. The lowest BCUT2D eigenvalue weighted by Crippen LogP contribution is -2.45. The molecule has 0 aliphatic rings. The number of ether oxygens (including phenoxy) is 2. The normalized spacial score (nSPS) is 12.1. The van der Waals surface area contributed by atoms with Gasteiger partial charge in [-0.15, -0.1) is 0 Å². The van der Waals surface area contributed by atoms with Crippen LogP contribution >= 0.6 is 0 Å². The van der Waals surface area contributed by atoms with E-state index in [1.54, 1.807) is 6.07 Å². The molecule has 4 aromatic carbocycles. The van der Waals surface area contributed by atoms with E-state index in [2.05, 4.69) is 5.32 Å². The van der Waals surface area contributed by atoms with Crippen molar-refractivity contribution < 1.29 is 19.1 Å². The summed E-state index contributed by atoms with van der Waals surface area (Å²) in [5.41, 5.74) is 1.86. The molecule has 5 heteroatoms. The molecule has 0 heterocycles. The summed E-state index contributed by atoms with van der Waals surface area (Å²) in [7, 11) is 0. The Morgan fingerprint density at radius 2 is 1.39 bits per heavy atom. The van der Waals surface area contributed by atoms with E-state index in [-0.39, 0.29) is 5.91 Å². The number of nitrogens with one attached hydrogen (secondary N) is 1. The number of hydrogen-bond donors (Lipinski definition) is 1. The van der Waals surface area contributed by atoms with E-state index in [0.717, 1.165) is 27.6 Å². The lowest BCUT2D eigenvalue weighted by Gasteiger charge is -2.24. The summed E-state index contributed by atoms with van der Waals surface area (Å²) < 4.78 is 11.5. The highest BCUT2D eigenvalue weighted by Gasteiger charge is 2.27. The topological polar surface area (TPSA) is 64.6 Å². The zero-order valence-electron chi connectivity index (χ0n) is 20.9. The fourth-order valence-corrected chi connectivity index (χ4v) is 3.85. The minimum absolute atomic E-state index is 0.326. The first-order valence-corrected chi connectivity index (χ1v) is 12.0. The monoisotopic (exact) mass is 481 g/mol. The van der Waals surface area contributed by atoms with Crippen LogP contribution in [-0.2, 0) is 22.6 Å². The average molecular weight is 482 g/mol. The van der Waals surface area contributed by atoms with Crippen molar-refractivity contribution in [2.75, 3.05) is 0 Å². The minimum atomic E-state index is -0.802. The zero-order chi connectivity index (χ0) is 25.5. The summed E-state index contributed by atoms with van der Waals surface area (Å²) in [4.78, 5) is 26.0. The third-order valence-corrected chi connectivity index (χ3v) is 5.60. The lowest BCUT2D eigenvalue weighted by atomic mass is 10.0. The summed E-state index contributed by atoms with van der Waals surface area (Å²) in [5, 5.41) is 4.75. The molecular formula is C31H31NO4. The van der Waals surface area contributed by atoms with Gasteiger partial charge in [0.05, 0.1) is 0 Å². The summed E-state index contributed by atoms with van der Waals surface area (Å²) >= 11 is 0. The molecule has 0 aromatic heterocycles. The quantitative estimate of drug-likeness (QED) is 0.309. The van der Waals surface area contributed by atoms with Crippen LogP contribution in [0.3, 0.4) is 0 Å². The number of rotatable bonds is 8. The Morgan fingerprint density at radius 3 is 2.06 bits per heavy atom. The van der Waals surface area contributed by atoms with Crippen molar-refractivity contribution in [2.45, 2.75) is 45.4 Å². The van der Waals surface area contributed by atoms with Gasteiger partial charge in [-0.25, -0.2) is 4.79 Å². The van der Waals surface area contributed by atoms with Crippen molar-refractivity contribution in [1.82, 2.24) is 5.32 Å². The number of esters is 1. The van der Waals surface area contributed by atoms with Crippen LogP contribution in [0.2, 0.25) is 0 Å². The molecule has 36 heavy (non-hydrogen) atoms. The van der Waals surface area contributed by atoms with Gasteiger partial charge in [0.1, 0.15) is 24.0 Å². The minimum Gasteiger partial charge on any atom is -0.489 e. The fraction of sp³-hybridized carbons (Fsp3) is 0.226. The van der Waals surface area contributed by atoms with Crippen LogP contribution in [0.25, 0.3) is 10.8 Å². The standard InChI is InChI=1S/C31H31NO4/c1-31(2,3)36-30(34)28(18-22-10-6-4-7-11-22)32-29(33)26-15-14-25-20-27(17-16-24(25)19-26)35-21-23-12-8-5-9-13-23/h4-17,19-20,28H,18,21H2,1-3H3,(H,32,33)/t28-/m1/s1. The smallest absolute Gasteiger partial charge is 0.329 e. The zero-order valence-corrected chi connectivity index (χ0v) is 20.9. The van der Waals surface area contributed by atoms with Gasteiger partial charge in [0.15, 0.2) is 0 Å². The molecule has 1 atom stereocenters. The van der Waals surface area contributed by atoms with Gasteiger partial charge >= 0.3 is 5.97 Å². The van der Waals surface area contributed by atoms with Gasteiger partial charge in [-0.1, -0.05) is 72.8 Å². The van der Waals surface area contributed by atoms with E-state index in [0.29, 0.717) is 18.6 Å². The van der Waals surface area contributed by atoms with Gasteiger partial charge in [-0.3, -0.25) is 4.79 Å². The van der Waals surface area contributed by atoms with E-state index in [1.165, 1.54) is 0 Å². The molecule has 4 rings (SSSR count). The van der Waals surface area contributed by atoms with E-state index in [1.807, 2.05) is 112 Å². The average Bonchev–Trinajstić information content (AvgIpc) is 2.87. The third-order valence-electron chi connectivity index (χ3n) is 5.60. The summed E-state index contributed by atoms with van der Waals surface area (Å²) in [6.45, 7) is 5.93. The molecule has 0 bridgehead atoms. The molecule has 4 aromatic rings. The van der Waals surface area contributed by atoms with Gasteiger partial charge in [-0.05, 0) is 66.9 Å². The van der Waals surface area contributed by atoms with Crippen molar-refractivity contribution in [1.29, 1.82) is 0 Å². The molecule has 1 amide bonds. The molecule has 0 aliphatic heterocycles. The van der Waals surface area contributed by atoms with Crippen molar-refractivity contribution >= 4 is 22.6 Å². The van der Waals surface area contributed by atoms with E-state index >= 15 is 0 Å². The van der Waals surface area contributed by atoms with Crippen LogP contribution in [-0.4, -0.2) is 23.5 Å². The highest BCUT2D eigenvalue weighted by atomic mass is 16.6. The Hall–Kier alpha value is -4.12. The molecule has 0 aliphatic carbocycles. The van der Waals surface area contributed by atoms with Crippen molar-refractivity contribution in [3.63, 3.8) is 0 Å². The number of benzene rings is 4. The van der Waals surface area contributed by atoms with Gasteiger partial charge < -0.3 is 14.8 Å². The number of carbonyl (C=O) groups excluding carboxylic acids is 2. The lowest BCUT2D eigenvalue weighted by molar-refractivity contribution is -0.157. The SMILES string of the molecule is CC(C)(C)OC(=O)[C@@H](Cc1ccccc1)NC(=O)c1ccc2cc(OCc3ccccc3)ccc2c1. The van der Waals surface area contributed by atoms with Gasteiger partial charge in [0, 0.05) is 12.0 Å². The van der Waals surface area contributed by atoms with Crippen LogP contribution in [0.15, 0.2) is 97.1 Å². The second-order valence-electron chi connectivity index (χ2n) is 9.75. The molecule has 0 saturated carbocycles. The predicted molar refractivity (Wildman–Crippen MR) is 142 cm³/mol. The second kappa shape index (κ2) is 11.1. The maximum absolute atomic E-state index is 13.1. The second-order valence-corrected chi connectivity index (χ2v) is 9.75. The van der Waals surface area contributed by atoms with Gasteiger partial charge in [-0.2, -0.15) is 0 Å². The number of fused-ring (bicyclic) bond motifs is 1. The Morgan fingerprint density at radius 1 is 0.778 bits per heavy atom. The van der Waals surface area contributed by atoms with Crippen LogP contribution in [0, 0.1) is 0 Å². The highest BCUT2D eigenvalue weighted by Crippen LogP contribution is 2.23. The van der Waals surface area contributed by atoms with Crippen LogP contribution in [0.4, 0.5) is 0 Å². The van der Waals surface area contributed by atoms with Gasteiger partial charge in [0.2, 0.25) is 0 Å². The van der Waals surface area contributed by atoms with E-state index in [9.17, 15) is 9.59 Å². The summed E-state index contributed by atoms with van der Waals surface area (Å²) in [5.74, 6) is -0.0230. The van der Waals surface area contributed by atoms with E-state index in [4.69, 9.17) is 9.47 Å². The largest absolute Gasteiger partial charge is 0.489 e. The first-order valence-electron chi connectivity index (χ1n) is 12.0. The van der Waals surface area contributed by atoms with Crippen LogP contribution in [0.5, 0.6) is 5.75 Å². The number of amides is 1. The third kappa shape index (κ3) is 6.95. The van der Waals surface area contributed by atoms with Crippen molar-refractivity contribution in [3.8, 4) is 5.75 Å². The molecule has 5 nitrogen and oxygen atoms in total. The molecule has 1 N–H and O–H groups in total. The molecule has 184 valence electrons.